The molecule has 2 aromatic heterocycles. The van der Waals surface area contributed by atoms with Crippen LogP contribution in [0.5, 0.6) is 11.5 Å². The fourth-order valence-corrected chi connectivity index (χ4v) is 6.40. The number of hydrogen-bond donors (Lipinski definition) is 1. The maximum Gasteiger partial charge on any atom is 0.252 e. The van der Waals surface area contributed by atoms with Gasteiger partial charge in [0.15, 0.2) is 11.5 Å². The summed E-state index contributed by atoms with van der Waals surface area (Å²) in [7, 11) is -3.71. The smallest absolute Gasteiger partial charge is 0.252 e. The summed E-state index contributed by atoms with van der Waals surface area (Å²) in [6.07, 6.45) is 3.32. The minimum atomic E-state index is -3.71. The van der Waals surface area contributed by atoms with Gasteiger partial charge in [-0.3, -0.25) is 9.78 Å². The monoisotopic (exact) mass is 544 g/mol. The molecule has 200 valence electrons. The highest BCUT2D eigenvalue weighted by molar-refractivity contribution is 7.89. The van der Waals surface area contributed by atoms with Gasteiger partial charge in [-0.15, -0.1) is 0 Å². The van der Waals surface area contributed by atoms with Gasteiger partial charge in [0.2, 0.25) is 16.8 Å². The number of pyridine rings is 2. The third-order valence-corrected chi connectivity index (χ3v) is 9.12. The summed E-state index contributed by atoms with van der Waals surface area (Å²) < 4.78 is 39.3. The van der Waals surface area contributed by atoms with Crippen LogP contribution in [0.1, 0.15) is 35.7 Å². The van der Waals surface area contributed by atoms with Gasteiger partial charge in [0.05, 0.1) is 27.4 Å². The van der Waals surface area contributed by atoms with Crippen LogP contribution in [0.15, 0.2) is 71.8 Å². The van der Waals surface area contributed by atoms with Crippen molar-refractivity contribution in [3.63, 3.8) is 0 Å². The first-order valence-electron chi connectivity index (χ1n) is 12.9. The third-order valence-electron chi connectivity index (χ3n) is 7.22. The van der Waals surface area contributed by atoms with Crippen LogP contribution in [0.4, 0.5) is 0 Å². The van der Waals surface area contributed by atoms with E-state index >= 15 is 0 Å². The van der Waals surface area contributed by atoms with Crippen LogP contribution in [0.3, 0.4) is 0 Å². The SMILES string of the molecule is CC1CCN(S(=O)(=O)c2ccc3nc(-c4ccccn4)cc(C(=O)NCc4ccc5c(c4)OCO5)c3c2)CC1. The average Bonchev–Trinajstić information content (AvgIpc) is 3.44. The first kappa shape index (κ1) is 25.3. The Bertz CT molecular complexity index is 1650. The van der Waals surface area contributed by atoms with Gasteiger partial charge < -0.3 is 14.8 Å². The lowest BCUT2D eigenvalue weighted by Crippen LogP contribution is -2.37. The van der Waals surface area contributed by atoms with E-state index in [-0.39, 0.29) is 24.1 Å². The molecule has 1 N–H and O–H groups in total. The zero-order valence-electron chi connectivity index (χ0n) is 21.5. The number of ether oxygens (including phenoxy) is 2. The molecule has 4 aromatic rings. The molecule has 39 heavy (non-hydrogen) atoms. The number of nitrogens with zero attached hydrogens (tertiary/aromatic N) is 3. The summed E-state index contributed by atoms with van der Waals surface area (Å²) in [5.74, 6) is 1.46. The lowest BCUT2D eigenvalue weighted by atomic mass is 10.0. The van der Waals surface area contributed by atoms with Crippen LogP contribution >= 0.6 is 0 Å². The van der Waals surface area contributed by atoms with E-state index in [0.717, 1.165) is 18.4 Å². The van der Waals surface area contributed by atoms with E-state index in [1.54, 1.807) is 30.5 Å². The number of piperidine rings is 1. The second-order valence-corrected chi connectivity index (χ2v) is 11.8. The van der Waals surface area contributed by atoms with Crippen molar-refractivity contribution in [3.8, 4) is 22.9 Å². The number of rotatable bonds is 6. The van der Waals surface area contributed by atoms with Crippen molar-refractivity contribution in [2.24, 2.45) is 5.92 Å². The standard InChI is InChI=1S/C29H28N4O5S/c1-19-9-12-33(13-10-19)39(35,36)21-6-7-24-22(15-21)23(16-26(32-24)25-4-2-3-11-30-25)29(34)31-17-20-5-8-27-28(14-20)38-18-37-27/h2-8,11,14-16,19H,9-10,12-13,17-18H2,1H3,(H,31,34). The topological polar surface area (TPSA) is 111 Å². The predicted molar refractivity (Wildman–Crippen MR) is 146 cm³/mol. The Morgan fingerprint density at radius 2 is 1.82 bits per heavy atom. The molecule has 2 aliphatic rings. The minimum Gasteiger partial charge on any atom is -0.454 e. The molecule has 10 heteroatoms. The summed E-state index contributed by atoms with van der Waals surface area (Å²) in [6.45, 7) is 3.54. The summed E-state index contributed by atoms with van der Waals surface area (Å²) >= 11 is 0. The molecule has 0 atom stereocenters. The fraction of sp³-hybridized carbons (Fsp3) is 0.276. The second-order valence-electron chi connectivity index (χ2n) is 9.91. The van der Waals surface area contributed by atoms with Crippen LogP contribution in [-0.2, 0) is 16.6 Å². The van der Waals surface area contributed by atoms with E-state index in [1.165, 1.54) is 4.31 Å². The number of nitrogens with one attached hydrogen (secondary N) is 1. The van der Waals surface area contributed by atoms with Gasteiger partial charge in [-0.25, -0.2) is 13.4 Å². The molecule has 0 unspecified atom stereocenters. The number of aromatic nitrogens is 2. The van der Waals surface area contributed by atoms with Gasteiger partial charge in [0.25, 0.3) is 5.91 Å². The number of hydrogen-bond acceptors (Lipinski definition) is 7. The summed E-state index contributed by atoms with van der Waals surface area (Å²) in [6, 6.07) is 17.4. The maximum absolute atomic E-state index is 13.6. The Balaban J connectivity index is 1.37. The molecule has 0 bridgehead atoms. The van der Waals surface area contributed by atoms with E-state index in [9.17, 15) is 13.2 Å². The van der Waals surface area contributed by atoms with Crippen molar-refractivity contribution in [2.45, 2.75) is 31.2 Å². The summed E-state index contributed by atoms with van der Waals surface area (Å²) in [5.41, 5.74) is 2.82. The van der Waals surface area contributed by atoms with E-state index in [2.05, 4.69) is 17.2 Å². The van der Waals surface area contributed by atoms with Crippen molar-refractivity contribution >= 4 is 26.8 Å². The van der Waals surface area contributed by atoms with E-state index < -0.39 is 10.0 Å². The van der Waals surface area contributed by atoms with Gasteiger partial charge in [0.1, 0.15) is 0 Å². The van der Waals surface area contributed by atoms with Crippen molar-refractivity contribution in [1.82, 2.24) is 19.6 Å². The Kier molecular flexibility index (Phi) is 6.66. The van der Waals surface area contributed by atoms with Crippen LogP contribution < -0.4 is 14.8 Å². The van der Waals surface area contributed by atoms with Crippen molar-refractivity contribution < 1.29 is 22.7 Å². The molecule has 0 radical (unpaired) electrons. The first-order chi connectivity index (χ1) is 18.9. The molecular weight excluding hydrogens is 516 g/mol. The van der Waals surface area contributed by atoms with E-state index in [1.807, 2.05) is 36.4 Å². The molecule has 2 aliphatic heterocycles. The van der Waals surface area contributed by atoms with Crippen molar-refractivity contribution in [3.05, 3.63) is 78.0 Å². The lowest BCUT2D eigenvalue weighted by molar-refractivity contribution is 0.0952. The van der Waals surface area contributed by atoms with Crippen LogP contribution in [0, 0.1) is 5.92 Å². The summed E-state index contributed by atoms with van der Waals surface area (Å²) in [4.78, 5) is 22.8. The third kappa shape index (κ3) is 5.05. The Hall–Kier alpha value is -4.02. The Morgan fingerprint density at radius 3 is 2.62 bits per heavy atom. The highest BCUT2D eigenvalue weighted by Crippen LogP contribution is 2.33. The zero-order chi connectivity index (χ0) is 27.0. The lowest BCUT2D eigenvalue weighted by Gasteiger charge is -2.29. The molecule has 2 aromatic carbocycles. The van der Waals surface area contributed by atoms with Crippen LogP contribution in [0.2, 0.25) is 0 Å². The van der Waals surface area contributed by atoms with Crippen molar-refractivity contribution in [2.75, 3.05) is 19.9 Å². The molecule has 1 saturated heterocycles. The number of carbonyl (C=O) groups is 1. The molecule has 0 spiro atoms. The Labute approximate surface area is 226 Å². The quantitative estimate of drug-likeness (QED) is 0.384. The van der Waals surface area contributed by atoms with Gasteiger partial charge in [-0.2, -0.15) is 4.31 Å². The van der Waals surface area contributed by atoms with Gasteiger partial charge in [-0.05, 0) is 72.9 Å². The van der Waals surface area contributed by atoms with Crippen LogP contribution in [-0.4, -0.2) is 48.5 Å². The highest BCUT2D eigenvalue weighted by Gasteiger charge is 2.29. The van der Waals surface area contributed by atoms with Gasteiger partial charge in [-0.1, -0.05) is 19.1 Å². The highest BCUT2D eigenvalue weighted by atomic mass is 32.2. The maximum atomic E-state index is 13.6. The average molecular weight is 545 g/mol. The second kappa shape index (κ2) is 10.3. The molecule has 4 heterocycles. The van der Waals surface area contributed by atoms with Gasteiger partial charge >= 0.3 is 0 Å². The first-order valence-corrected chi connectivity index (χ1v) is 14.4. The molecule has 0 aliphatic carbocycles. The fourth-order valence-electron chi connectivity index (χ4n) is 4.90. The number of benzene rings is 2. The number of fused-ring (bicyclic) bond motifs is 2. The molecular formula is C29H28N4O5S. The largest absolute Gasteiger partial charge is 0.454 e. The number of amides is 1. The summed E-state index contributed by atoms with van der Waals surface area (Å²) in [5, 5.41) is 3.42. The van der Waals surface area contributed by atoms with E-state index in [0.29, 0.717) is 58.4 Å². The normalized spacial score (nSPS) is 15.9. The van der Waals surface area contributed by atoms with Crippen LogP contribution in [0.25, 0.3) is 22.3 Å². The number of carbonyl (C=O) groups excluding carboxylic acids is 1. The van der Waals surface area contributed by atoms with Crippen molar-refractivity contribution in [1.29, 1.82) is 0 Å². The number of sulfonamides is 1. The predicted octanol–water partition coefficient (Wildman–Crippen LogP) is 4.38. The molecule has 1 amide bonds. The van der Waals surface area contributed by atoms with Gasteiger partial charge in [0, 0.05) is 31.2 Å². The molecule has 0 saturated carbocycles. The minimum absolute atomic E-state index is 0.154. The van der Waals surface area contributed by atoms with E-state index in [4.69, 9.17) is 14.5 Å². The molecule has 1 fully saturated rings. The molecule has 9 nitrogen and oxygen atoms in total. The Morgan fingerprint density at radius 1 is 1.00 bits per heavy atom. The zero-order valence-corrected chi connectivity index (χ0v) is 22.3. The molecule has 6 rings (SSSR count).